The lowest BCUT2D eigenvalue weighted by Crippen LogP contribution is -1.92. The summed E-state index contributed by atoms with van der Waals surface area (Å²) in [5, 5.41) is 40.4. The van der Waals surface area contributed by atoms with Crippen molar-refractivity contribution in [1.29, 1.82) is 0 Å². The Morgan fingerprint density at radius 2 is 1.32 bits per heavy atom. The van der Waals surface area contributed by atoms with E-state index in [-0.39, 0.29) is 11.4 Å². The Balaban J connectivity index is 2.12. The third kappa shape index (κ3) is 7.44. The summed E-state index contributed by atoms with van der Waals surface area (Å²) in [6.45, 7) is 3.95. The molecule has 0 saturated carbocycles. The Morgan fingerprint density at radius 3 is 1.87 bits per heavy atom. The van der Waals surface area contributed by atoms with E-state index < -0.39 is 21.2 Å². The van der Waals surface area contributed by atoms with Gasteiger partial charge in [-0.15, -0.1) is 0 Å². The number of azo groups is 1. The number of hydrogen-bond donors (Lipinski definition) is 1. The predicted octanol–water partition coefficient (Wildman–Crippen LogP) is 7.23. The molecule has 0 spiro atoms. The van der Waals surface area contributed by atoms with Gasteiger partial charge >= 0.3 is 0 Å². The van der Waals surface area contributed by atoms with Gasteiger partial charge in [0.2, 0.25) is 0 Å². The van der Waals surface area contributed by atoms with Gasteiger partial charge in [-0.05, 0) is 43.0 Å². The van der Waals surface area contributed by atoms with Crippen molar-refractivity contribution in [1.82, 2.24) is 0 Å². The molecule has 0 amide bonds. The zero-order chi connectivity index (χ0) is 22.8. The maximum absolute atomic E-state index is 11.0. The Kier molecular flexibility index (Phi) is 9.05. The van der Waals surface area contributed by atoms with Gasteiger partial charge in [0, 0.05) is 12.1 Å². The molecule has 2 aromatic rings. The smallest absolute Gasteiger partial charge is 0.278 e. The summed E-state index contributed by atoms with van der Waals surface area (Å²) in [6.07, 6.45) is 8.90. The van der Waals surface area contributed by atoms with Gasteiger partial charge in [0.05, 0.1) is 27.3 Å². The molecule has 0 atom stereocenters. The van der Waals surface area contributed by atoms with E-state index in [1.807, 2.05) is 0 Å². The van der Waals surface area contributed by atoms with Gasteiger partial charge in [-0.25, -0.2) is 0 Å². The van der Waals surface area contributed by atoms with Gasteiger partial charge in [0.15, 0.2) is 0 Å². The van der Waals surface area contributed by atoms with E-state index in [9.17, 15) is 25.3 Å². The molecule has 0 saturated heterocycles. The molecule has 0 aromatic heterocycles. The van der Waals surface area contributed by atoms with E-state index in [1.54, 1.807) is 19.1 Å². The first kappa shape index (κ1) is 23.9. The minimum absolute atomic E-state index is 0.0141. The molecule has 0 aliphatic heterocycles. The minimum atomic E-state index is -0.711. The average Bonchev–Trinajstić information content (AvgIpc) is 2.74. The molecule has 0 aliphatic carbocycles. The number of nitrogens with zero attached hydrogens (tertiary/aromatic N) is 4. The van der Waals surface area contributed by atoms with Crippen molar-refractivity contribution in [3.05, 3.63) is 61.7 Å². The van der Waals surface area contributed by atoms with Crippen LogP contribution in [0.5, 0.6) is 5.75 Å². The van der Waals surface area contributed by atoms with Crippen molar-refractivity contribution in [3.63, 3.8) is 0 Å². The summed E-state index contributed by atoms with van der Waals surface area (Å²) in [6, 6.07) is 6.52. The monoisotopic (exact) mass is 428 g/mol. The number of aryl methyl sites for hydroxylation is 2. The molecule has 166 valence electrons. The van der Waals surface area contributed by atoms with E-state index in [4.69, 9.17) is 0 Å². The molecule has 2 rings (SSSR count). The van der Waals surface area contributed by atoms with Crippen molar-refractivity contribution in [2.45, 2.75) is 65.2 Å². The molecule has 0 bridgehead atoms. The van der Waals surface area contributed by atoms with Crippen LogP contribution >= 0.6 is 0 Å². The molecule has 31 heavy (non-hydrogen) atoms. The summed E-state index contributed by atoms with van der Waals surface area (Å²) in [5.41, 5.74) is 1.06. The van der Waals surface area contributed by atoms with Gasteiger partial charge in [0.25, 0.3) is 11.4 Å². The first-order chi connectivity index (χ1) is 14.8. The van der Waals surface area contributed by atoms with Crippen LogP contribution in [0.15, 0.2) is 40.6 Å². The van der Waals surface area contributed by atoms with Gasteiger partial charge in [-0.2, -0.15) is 10.2 Å². The molecule has 0 heterocycles. The lowest BCUT2D eigenvalue weighted by molar-refractivity contribution is -0.394. The van der Waals surface area contributed by atoms with Crippen LogP contribution in [0.2, 0.25) is 0 Å². The van der Waals surface area contributed by atoms with Crippen molar-refractivity contribution in [2.24, 2.45) is 10.2 Å². The highest BCUT2D eigenvalue weighted by atomic mass is 16.6. The molecular formula is C22H28N4O5. The van der Waals surface area contributed by atoms with Crippen molar-refractivity contribution in [2.75, 3.05) is 0 Å². The van der Waals surface area contributed by atoms with Crippen LogP contribution in [0.3, 0.4) is 0 Å². The second-order valence-electron chi connectivity index (χ2n) is 7.56. The number of aromatic hydroxyl groups is 1. The lowest BCUT2D eigenvalue weighted by Gasteiger charge is -2.09. The number of non-ortho nitro benzene ring substituents is 2. The van der Waals surface area contributed by atoms with Gasteiger partial charge in [0.1, 0.15) is 5.75 Å². The fraction of sp³-hybridized carbons (Fsp3) is 0.455. The summed E-state index contributed by atoms with van der Waals surface area (Å²) in [4.78, 5) is 20.6. The summed E-state index contributed by atoms with van der Waals surface area (Å²) >= 11 is 0. The second-order valence-corrected chi connectivity index (χ2v) is 7.56. The fourth-order valence-electron chi connectivity index (χ4n) is 3.32. The van der Waals surface area contributed by atoms with E-state index in [2.05, 4.69) is 17.2 Å². The maximum atomic E-state index is 11.0. The van der Waals surface area contributed by atoms with Crippen molar-refractivity contribution in [3.8, 4) is 5.75 Å². The van der Waals surface area contributed by atoms with E-state index in [1.165, 1.54) is 32.1 Å². The highest BCUT2D eigenvalue weighted by molar-refractivity contribution is 5.56. The SMILES string of the molecule is CCCCCCCCCc1cc(N=Nc2cc([N+](=O)[O-])cc([N+](=O)[O-])c2)cc(C)c1O. The van der Waals surface area contributed by atoms with Crippen LogP contribution < -0.4 is 0 Å². The standard InChI is InChI=1S/C22H28N4O5/c1-3-4-5-6-7-8-9-10-17-12-18(11-16(2)22(17)27)23-24-19-13-20(25(28)29)15-21(14-19)26(30)31/h11-15,27H,3-10H2,1-2H3. The zero-order valence-corrected chi connectivity index (χ0v) is 17.9. The van der Waals surface area contributed by atoms with Gasteiger partial charge in [-0.1, -0.05) is 45.4 Å². The quantitative estimate of drug-likeness (QED) is 0.165. The maximum Gasteiger partial charge on any atom is 0.278 e. The Hall–Kier alpha value is -3.36. The number of hydrogen-bond acceptors (Lipinski definition) is 7. The van der Waals surface area contributed by atoms with Gasteiger partial charge < -0.3 is 5.11 Å². The number of benzene rings is 2. The highest BCUT2D eigenvalue weighted by Gasteiger charge is 2.16. The Labute approximate surface area is 181 Å². The molecular weight excluding hydrogens is 400 g/mol. The van der Waals surface area contributed by atoms with Crippen LogP contribution in [0.1, 0.15) is 63.0 Å². The third-order valence-electron chi connectivity index (χ3n) is 5.00. The van der Waals surface area contributed by atoms with E-state index in [0.29, 0.717) is 17.7 Å². The normalized spacial score (nSPS) is 11.2. The van der Waals surface area contributed by atoms with Crippen LogP contribution in [-0.2, 0) is 6.42 Å². The molecule has 1 N–H and O–H groups in total. The molecule has 2 aromatic carbocycles. The molecule has 9 heteroatoms. The number of unbranched alkanes of at least 4 members (excludes halogenated alkanes) is 6. The minimum Gasteiger partial charge on any atom is -0.507 e. The van der Waals surface area contributed by atoms with Crippen LogP contribution in [-0.4, -0.2) is 15.0 Å². The first-order valence-corrected chi connectivity index (χ1v) is 10.5. The third-order valence-corrected chi connectivity index (χ3v) is 5.00. The summed E-state index contributed by atoms with van der Waals surface area (Å²) < 4.78 is 0. The highest BCUT2D eigenvalue weighted by Crippen LogP contribution is 2.32. The first-order valence-electron chi connectivity index (χ1n) is 10.5. The number of phenols is 1. The fourth-order valence-corrected chi connectivity index (χ4v) is 3.32. The molecule has 0 fully saturated rings. The Morgan fingerprint density at radius 1 is 0.806 bits per heavy atom. The van der Waals surface area contributed by atoms with E-state index in [0.717, 1.165) is 36.6 Å². The number of rotatable bonds is 12. The topological polar surface area (TPSA) is 131 Å². The summed E-state index contributed by atoms with van der Waals surface area (Å²) in [5.74, 6) is 0.232. The Bertz CT molecular complexity index is 927. The summed E-state index contributed by atoms with van der Waals surface area (Å²) in [7, 11) is 0. The van der Waals surface area contributed by atoms with Crippen LogP contribution in [0.4, 0.5) is 22.7 Å². The number of nitro groups is 2. The molecule has 0 radical (unpaired) electrons. The van der Waals surface area contributed by atoms with Gasteiger partial charge in [-0.3, -0.25) is 20.2 Å². The lowest BCUT2D eigenvalue weighted by atomic mass is 10.0. The largest absolute Gasteiger partial charge is 0.507 e. The van der Waals surface area contributed by atoms with Crippen LogP contribution in [0, 0.1) is 27.2 Å². The second kappa shape index (κ2) is 11.7. The van der Waals surface area contributed by atoms with Crippen molar-refractivity contribution < 1.29 is 15.0 Å². The molecule has 0 aliphatic rings. The number of nitro benzene ring substituents is 2. The molecule has 0 unspecified atom stereocenters. The van der Waals surface area contributed by atoms with Crippen molar-refractivity contribution >= 4 is 22.7 Å². The predicted molar refractivity (Wildman–Crippen MR) is 118 cm³/mol. The number of phenolic OH excluding ortho intramolecular Hbond substituents is 1. The van der Waals surface area contributed by atoms with E-state index >= 15 is 0 Å². The molecule has 9 nitrogen and oxygen atoms in total. The van der Waals surface area contributed by atoms with Crippen LogP contribution in [0.25, 0.3) is 0 Å². The average molecular weight is 428 g/mol. The zero-order valence-electron chi connectivity index (χ0n) is 17.9.